The van der Waals surface area contributed by atoms with Gasteiger partial charge >= 0.3 is 0 Å². The molecule has 1 unspecified atom stereocenters. The summed E-state index contributed by atoms with van der Waals surface area (Å²) in [6.45, 7) is 4.15. The predicted molar refractivity (Wildman–Crippen MR) is 80.8 cm³/mol. The second-order valence-corrected chi connectivity index (χ2v) is 5.86. The van der Waals surface area contributed by atoms with E-state index in [9.17, 15) is 4.39 Å². The molecule has 0 aliphatic carbocycles. The van der Waals surface area contributed by atoms with Crippen LogP contribution in [0.1, 0.15) is 31.3 Å². The number of nitrogens with zero attached hydrogens (tertiary/aromatic N) is 2. The molecule has 2 rings (SSSR count). The van der Waals surface area contributed by atoms with Gasteiger partial charge in [-0.2, -0.15) is 0 Å². The molecule has 0 spiro atoms. The Labute approximate surface area is 126 Å². The second kappa shape index (κ2) is 6.90. The normalized spacial score (nSPS) is 12.7. The highest BCUT2D eigenvalue weighted by Crippen LogP contribution is 2.18. The molecule has 0 aliphatic heterocycles. The Kier molecular flexibility index (Phi) is 5.20. The lowest BCUT2D eigenvalue weighted by Gasteiger charge is -2.20. The van der Waals surface area contributed by atoms with Gasteiger partial charge in [0.25, 0.3) is 0 Å². The van der Waals surface area contributed by atoms with Crippen LogP contribution in [-0.2, 0) is 6.42 Å². The Morgan fingerprint density at radius 1 is 1.15 bits per heavy atom. The molecule has 0 amide bonds. The minimum Gasteiger partial charge on any atom is -0.306 e. The van der Waals surface area contributed by atoms with Gasteiger partial charge in [-0.05, 0) is 40.2 Å². The number of rotatable bonds is 5. The van der Waals surface area contributed by atoms with E-state index in [0.717, 1.165) is 15.9 Å². The number of nitrogens with one attached hydrogen (secondary N) is 1. The molecule has 0 radical (unpaired) electrons. The van der Waals surface area contributed by atoms with E-state index in [2.05, 4.69) is 45.1 Å². The molecular formula is C15H17BrFN3. The number of aromatic nitrogens is 2. The van der Waals surface area contributed by atoms with Crippen LogP contribution in [-0.4, -0.2) is 16.0 Å². The van der Waals surface area contributed by atoms with Crippen molar-refractivity contribution >= 4 is 15.9 Å². The van der Waals surface area contributed by atoms with Gasteiger partial charge in [-0.25, -0.2) is 4.39 Å². The molecule has 0 saturated carbocycles. The van der Waals surface area contributed by atoms with Crippen molar-refractivity contribution in [3.8, 4) is 0 Å². The first-order valence-corrected chi connectivity index (χ1v) is 7.32. The zero-order valence-corrected chi connectivity index (χ0v) is 13.1. The number of hydrogen-bond donors (Lipinski definition) is 1. The quantitative estimate of drug-likeness (QED) is 0.904. The zero-order valence-electron chi connectivity index (χ0n) is 11.5. The fraction of sp³-hybridized carbons (Fsp3) is 0.333. The van der Waals surface area contributed by atoms with Gasteiger partial charge < -0.3 is 5.32 Å². The summed E-state index contributed by atoms with van der Waals surface area (Å²) in [5, 5.41) is 3.44. The third kappa shape index (κ3) is 4.35. The van der Waals surface area contributed by atoms with E-state index in [1.807, 2.05) is 12.1 Å². The van der Waals surface area contributed by atoms with Crippen molar-refractivity contribution < 1.29 is 4.39 Å². The minimum absolute atomic E-state index is 0.0178. The first-order valence-electron chi connectivity index (χ1n) is 6.52. The Morgan fingerprint density at radius 2 is 1.95 bits per heavy atom. The summed E-state index contributed by atoms with van der Waals surface area (Å²) in [7, 11) is 0. The van der Waals surface area contributed by atoms with Crippen molar-refractivity contribution in [1.29, 1.82) is 0 Å². The number of hydrogen-bond acceptors (Lipinski definition) is 3. The van der Waals surface area contributed by atoms with Gasteiger partial charge in [0.2, 0.25) is 0 Å². The number of pyridine rings is 2. The fourth-order valence-corrected chi connectivity index (χ4v) is 2.22. The fourth-order valence-electron chi connectivity index (χ4n) is 1.98. The van der Waals surface area contributed by atoms with E-state index in [0.29, 0.717) is 12.5 Å². The Bertz CT molecular complexity index is 540. The van der Waals surface area contributed by atoms with E-state index in [1.54, 1.807) is 12.3 Å². The summed E-state index contributed by atoms with van der Waals surface area (Å²) in [6.07, 6.45) is 3.74. The molecule has 0 aliphatic rings. The lowest BCUT2D eigenvalue weighted by Crippen LogP contribution is -2.30. The number of halogens is 2. The molecule has 2 aromatic rings. The maximum Gasteiger partial charge on any atom is 0.141 e. The van der Waals surface area contributed by atoms with Crippen molar-refractivity contribution in [1.82, 2.24) is 15.3 Å². The Hall–Kier alpha value is -1.33. The van der Waals surface area contributed by atoms with Crippen molar-refractivity contribution in [2.24, 2.45) is 0 Å². The van der Waals surface area contributed by atoms with E-state index in [4.69, 9.17) is 0 Å². The first kappa shape index (κ1) is 15.1. The molecule has 0 saturated heterocycles. The zero-order chi connectivity index (χ0) is 14.5. The van der Waals surface area contributed by atoms with Crippen molar-refractivity contribution in [3.05, 3.63) is 58.3 Å². The summed E-state index contributed by atoms with van der Waals surface area (Å²) >= 11 is 3.37. The van der Waals surface area contributed by atoms with Crippen LogP contribution < -0.4 is 5.32 Å². The predicted octanol–water partition coefficient (Wildman–Crippen LogP) is 3.66. The van der Waals surface area contributed by atoms with Crippen molar-refractivity contribution in [2.75, 3.05) is 0 Å². The maximum atomic E-state index is 13.0. The largest absolute Gasteiger partial charge is 0.306 e. The highest BCUT2D eigenvalue weighted by molar-refractivity contribution is 9.10. The molecule has 20 heavy (non-hydrogen) atoms. The van der Waals surface area contributed by atoms with Crippen molar-refractivity contribution in [2.45, 2.75) is 32.4 Å². The molecule has 0 aromatic carbocycles. The van der Waals surface area contributed by atoms with Crippen molar-refractivity contribution in [3.63, 3.8) is 0 Å². The standard InChI is InChI=1S/C15H17BrFN3/c1-10(2)20-15(14-6-4-12(17)9-19-14)7-13-5-3-11(16)8-18-13/h3-6,8-10,15,20H,7H2,1-2H3. The summed E-state index contributed by atoms with van der Waals surface area (Å²) in [6, 6.07) is 7.42. The van der Waals surface area contributed by atoms with Gasteiger partial charge in [-0.1, -0.05) is 13.8 Å². The van der Waals surface area contributed by atoms with Crippen LogP contribution in [0.25, 0.3) is 0 Å². The summed E-state index contributed by atoms with van der Waals surface area (Å²) in [5.41, 5.74) is 1.79. The SMILES string of the molecule is CC(C)NC(Cc1ccc(Br)cn1)c1ccc(F)cn1. The van der Waals surface area contributed by atoms with E-state index in [-0.39, 0.29) is 11.9 Å². The highest BCUT2D eigenvalue weighted by atomic mass is 79.9. The monoisotopic (exact) mass is 337 g/mol. The average Bonchev–Trinajstić information content (AvgIpc) is 2.41. The first-order chi connectivity index (χ1) is 9.54. The van der Waals surface area contributed by atoms with Crippen LogP contribution in [0.3, 0.4) is 0 Å². The second-order valence-electron chi connectivity index (χ2n) is 4.95. The van der Waals surface area contributed by atoms with E-state index in [1.165, 1.54) is 12.3 Å². The molecule has 1 N–H and O–H groups in total. The van der Waals surface area contributed by atoms with E-state index < -0.39 is 0 Å². The summed E-state index contributed by atoms with van der Waals surface area (Å²) < 4.78 is 13.9. The van der Waals surface area contributed by atoms with Crippen LogP contribution >= 0.6 is 15.9 Å². The Balaban J connectivity index is 2.18. The van der Waals surface area contributed by atoms with Gasteiger partial charge in [0.1, 0.15) is 5.82 Å². The van der Waals surface area contributed by atoms with Crippen LogP contribution in [0.2, 0.25) is 0 Å². The smallest absolute Gasteiger partial charge is 0.141 e. The van der Waals surface area contributed by atoms with Crippen LogP contribution in [0.4, 0.5) is 4.39 Å². The van der Waals surface area contributed by atoms with Gasteiger partial charge in [0.15, 0.2) is 0 Å². The summed E-state index contributed by atoms with van der Waals surface area (Å²) in [5.74, 6) is -0.321. The molecular weight excluding hydrogens is 321 g/mol. The molecule has 0 fully saturated rings. The molecule has 3 nitrogen and oxygen atoms in total. The van der Waals surface area contributed by atoms with Gasteiger partial charge in [-0.15, -0.1) is 0 Å². The van der Waals surface area contributed by atoms with Crippen LogP contribution in [0, 0.1) is 5.82 Å². The van der Waals surface area contributed by atoms with Crippen LogP contribution in [0.15, 0.2) is 41.1 Å². The van der Waals surface area contributed by atoms with E-state index >= 15 is 0 Å². The maximum absolute atomic E-state index is 13.0. The molecule has 5 heteroatoms. The average molecular weight is 338 g/mol. The lowest BCUT2D eigenvalue weighted by atomic mass is 10.1. The van der Waals surface area contributed by atoms with Gasteiger partial charge in [0.05, 0.1) is 17.9 Å². The molecule has 0 bridgehead atoms. The third-order valence-electron chi connectivity index (χ3n) is 2.84. The highest BCUT2D eigenvalue weighted by Gasteiger charge is 2.15. The van der Waals surface area contributed by atoms with Gasteiger partial charge in [0, 0.05) is 28.8 Å². The van der Waals surface area contributed by atoms with Gasteiger partial charge in [-0.3, -0.25) is 9.97 Å². The minimum atomic E-state index is -0.321. The molecule has 1 atom stereocenters. The third-order valence-corrected chi connectivity index (χ3v) is 3.31. The van der Waals surface area contributed by atoms with Crippen LogP contribution in [0.5, 0.6) is 0 Å². The topological polar surface area (TPSA) is 37.8 Å². The molecule has 2 aromatic heterocycles. The summed E-state index contributed by atoms with van der Waals surface area (Å²) in [4.78, 5) is 8.55. The lowest BCUT2D eigenvalue weighted by molar-refractivity contribution is 0.461. The molecule has 106 valence electrons. The Morgan fingerprint density at radius 3 is 2.50 bits per heavy atom. The molecule has 2 heterocycles.